The second-order valence-electron chi connectivity index (χ2n) is 4.71. The van der Waals surface area contributed by atoms with Crippen molar-refractivity contribution in [2.24, 2.45) is 5.92 Å². The maximum absolute atomic E-state index is 12.2. The molecule has 0 radical (unpaired) electrons. The lowest BCUT2D eigenvalue weighted by molar-refractivity contribution is -0.122. The third-order valence-electron chi connectivity index (χ3n) is 3.25. The molecule has 0 aromatic carbocycles. The van der Waals surface area contributed by atoms with Crippen LogP contribution in [0.5, 0.6) is 0 Å². The number of aromatic nitrogens is 1. The van der Waals surface area contributed by atoms with Crippen molar-refractivity contribution in [3.8, 4) is 0 Å². The molecule has 2 heterocycles. The maximum Gasteiger partial charge on any atom is 0.144 e. The van der Waals surface area contributed by atoms with Gasteiger partial charge in [-0.15, -0.1) is 0 Å². The van der Waals surface area contributed by atoms with E-state index in [1.54, 1.807) is 12.4 Å². The predicted molar refractivity (Wildman–Crippen MR) is 69.3 cm³/mol. The van der Waals surface area contributed by atoms with E-state index in [1.165, 1.54) is 0 Å². The summed E-state index contributed by atoms with van der Waals surface area (Å²) >= 11 is 0. The highest BCUT2D eigenvalue weighted by Gasteiger charge is 2.33. The number of pyridine rings is 1. The minimum absolute atomic E-state index is 0.0169. The number of hydrogen-bond acceptors (Lipinski definition) is 4. The Morgan fingerprint density at radius 1 is 1.56 bits per heavy atom. The van der Waals surface area contributed by atoms with Gasteiger partial charge in [0.15, 0.2) is 0 Å². The van der Waals surface area contributed by atoms with Gasteiger partial charge in [0.25, 0.3) is 0 Å². The second kappa shape index (κ2) is 6.61. The normalized spacial score (nSPS) is 23.2. The zero-order valence-corrected chi connectivity index (χ0v) is 10.8. The van der Waals surface area contributed by atoms with Crippen LogP contribution in [-0.4, -0.2) is 36.6 Å². The summed E-state index contributed by atoms with van der Waals surface area (Å²) in [5, 5.41) is 3.39. The highest BCUT2D eigenvalue weighted by Crippen LogP contribution is 2.17. The Morgan fingerprint density at radius 2 is 2.44 bits per heavy atom. The molecule has 0 aliphatic carbocycles. The van der Waals surface area contributed by atoms with Crippen LogP contribution in [0.15, 0.2) is 24.5 Å². The summed E-state index contributed by atoms with van der Waals surface area (Å²) in [6.07, 6.45) is 4.99. The summed E-state index contributed by atoms with van der Waals surface area (Å²) in [4.78, 5) is 16.3. The van der Waals surface area contributed by atoms with Gasteiger partial charge in [-0.1, -0.05) is 13.0 Å². The molecule has 1 aromatic heterocycles. The van der Waals surface area contributed by atoms with Gasteiger partial charge in [-0.3, -0.25) is 9.78 Å². The third-order valence-corrected chi connectivity index (χ3v) is 3.25. The lowest BCUT2D eigenvalue weighted by atomic mass is 9.94. The van der Waals surface area contributed by atoms with Gasteiger partial charge in [0.05, 0.1) is 19.1 Å². The van der Waals surface area contributed by atoms with Crippen LogP contribution in [0.2, 0.25) is 0 Å². The van der Waals surface area contributed by atoms with Gasteiger partial charge in [0.1, 0.15) is 5.78 Å². The van der Waals surface area contributed by atoms with Crippen molar-refractivity contribution in [2.75, 3.05) is 19.8 Å². The van der Waals surface area contributed by atoms with E-state index in [-0.39, 0.29) is 17.7 Å². The van der Waals surface area contributed by atoms with Crippen LogP contribution in [0, 0.1) is 5.92 Å². The van der Waals surface area contributed by atoms with Gasteiger partial charge in [0.2, 0.25) is 0 Å². The second-order valence-corrected chi connectivity index (χ2v) is 4.71. The van der Waals surface area contributed by atoms with Crippen LogP contribution in [0.1, 0.15) is 18.9 Å². The van der Waals surface area contributed by atoms with Crippen molar-refractivity contribution < 1.29 is 9.53 Å². The van der Waals surface area contributed by atoms with Crippen molar-refractivity contribution in [2.45, 2.75) is 25.8 Å². The summed E-state index contributed by atoms with van der Waals surface area (Å²) in [6, 6.07) is 3.98. The molecule has 18 heavy (non-hydrogen) atoms. The molecule has 0 saturated carbocycles. The summed E-state index contributed by atoms with van der Waals surface area (Å²) in [6.45, 7) is 4.24. The summed E-state index contributed by atoms with van der Waals surface area (Å²) in [5.74, 6) is 0.228. The first kappa shape index (κ1) is 13.2. The number of rotatable bonds is 6. The molecule has 1 fully saturated rings. The molecule has 1 aliphatic rings. The smallest absolute Gasteiger partial charge is 0.144 e. The van der Waals surface area contributed by atoms with Gasteiger partial charge in [-0.25, -0.2) is 0 Å². The van der Waals surface area contributed by atoms with E-state index in [1.807, 2.05) is 12.1 Å². The summed E-state index contributed by atoms with van der Waals surface area (Å²) in [5.41, 5.74) is 0.976. The fourth-order valence-electron chi connectivity index (χ4n) is 2.24. The van der Waals surface area contributed by atoms with E-state index in [2.05, 4.69) is 17.2 Å². The van der Waals surface area contributed by atoms with Crippen LogP contribution in [0.3, 0.4) is 0 Å². The fraction of sp³-hybridized carbons (Fsp3) is 0.571. The van der Waals surface area contributed by atoms with Gasteiger partial charge in [-0.05, 0) is 24.6 Å². The maximum atomic E-state index is 12.2. The lowest BCUT2D eigenvalue weighted by Gasteiger charge is -2.17. The first-order valence-corrected chi connectivity index (χ1v) is 6.54. The predicted octanol–water partition coefficient (Wildman–Crippen LogP) is 1.21. The molecule has 2 atom stereocenters. The van der Waals surface area contributed by atoms with E-state index in [4.69, 9.17) is 4.74 Å². The first-order chi connectivity index (χ1) is 8.81. The highest BCUT2D eigenvalue weighted by molar-refractivity contribution is 5.84. The van der Waals surface area contributed by atoms with Crippen molar-refractivity contribution in [3.05, 3.63) is 30.1 Å². The number of carbonyl (C=O) groups is 1. The summed E-state index contributed by atoms with van der Waals surface area (Å²) < 4.78 is 5.43. The van der Waals surface area contributed by atoms with Gasteiger partial charge >= 0.3 is 0 Å². The Kier molecular flexibility index (Phi) is 4.84. The van der Waals surface area contributed by atoms with E-state index >= 15 is 0 Å². The van der Waals surface area contributed by atoms with Crippen molar-refractivity contribution >= 4 is 5.78 Å². The Balaban J connectivity index is 1.91. The Bertz CT molecular complexity index is 381. The van der Waals surface area contributed by atoms with Crippen molar-refractivity contribution in [1.82, 2.24) is 10.3 Å². The molecule has 4 nitrogen and oxygen atoms in total. The summed E-state index contributed by atoms with van der Waals surface area (Å²) in [7, 11) is 0. The number of nitrogens with one attached hydrogen (secondary N) is 1. The molecular formula is C14H20N2O2. The number of ketones is 1. The van der Waals surface area contributed by atoms with E-state index < -0.39 is 0 Å². The third kappa shape index (κ3) is 3.37. The first-order valence-electron chi connectivity index (χ1n) is 6.54. The van der Waals surface area contributed by atoms with Crippen LogP contribution in [-0.2, 0) is 16.0 Å². The number of hydrogen-bond donors (Lipinski definition) is 1. The number of Topliss-reactive ketones (excluding diaryl/α,β-unsaturated/α-hetero) is 1. The standard InChI is InChI=1S/C14H20N2O2/c1-2-5-16-13-10-18-9-12(13)14(17)7-11-4-3-6-15-8-11/h3-4,6,8,12-13,16H,2,5,7,9-10H2,1H3. The molecule has 0 spiro atoms. The van der Waals surface area contributed by atoms with E-state index in [0.29, 0.717) is 19.6 Å². The SMILES string of the molecule is CCCNC1COCC1C(=O)Cc1cccnc1. The Labute approximate surface area is 108 Å². The molecule has 0 amide bonds. The molecule has 1 aromatic rings. The molecule has 2 rings (SSSR count). The van der Waals surface area contributed by atoms with Crippen LogP contribution < -0.4 is 5.32 Å². The fourth-order valence-corrected chi connectivity index (χ4v) is 2.24. The van der Waals surface area contributed by atoms with Crippen LogP contribution in [0.4, 0.5) is 0 Å². The molecule has 2 unspecified atom stereocenters. The largest absolute Gasteiger partial charge is 0.379 e. The van der Waals surface area contributed by atoms with E-state index in [0.717, 1.165) is 18.5 Å². The highest BCUT2D eigenvalue weighted by atomic mass is 16.5. The van der Waals surface area contributed by atoms with Crippen molar-refractivity contribution in [3.63, 3.8) is 0 Å². The zero-order valence-electron chi connectivity index (χ0n) is 10.8. The number of ether oxygens (including phenoxy) is 1. The Hall–Kier alpha value is -1.26. The molecule has 0 bridgehead atoms. The van der Waals surface area contributed by atoms with Crippen LogP contribution >= 0.6 is 0 Å². The molecular weight excluding hydrogens is 228 g/mol. The van der Waals surface area contributed by atoms with Gasteiger partial charge in [-0.2, -0.15) is 0 Å². The monoisotopic (exact) mass is 248 g/mol. The molecule has 98 valence electrons. The van der Waals surface area contributed by atoms with Gasteiger partial charge in [0, 0.05) is 24.9 Å². The molecule has 1 aliphatic heterocycles. The Morgan fingerprint density at radius 3 is 3.17 bits per heavy atom. The van der Waals surface area contributed by atoms with E-state index in [9.17, 15) is 4.79 Å². The molecule has 1 saturated heterocycles. The van der Waals surface area contributed by atoms with Gasteiger partial charge < -0.3 is 10.1 Å². The van der Waals surface area contributed by atoms with Crippen molar-refractivity contribution in [1.29, 1.82) is 0 Å². The number of carbonyl (C=O) groups excluding carboxylic acids is 1. The zero-order chi connectivity index (χ0) is 12.8. The average molecular weight is 248 g/mol. The minimum Gasteiger partial charge on any atom is -0.379 e. The average Bonchev–Trinajstić information content (AvgIpc) is 2.86. The van der Waals surface area contributed by atoms with Crippen LogP contribution in [0.25, 0.3) is 0 Å². The molecule has 4 heteroatoms. The minimum atomic E-state index is -0.0169. The number of nitrogens with zero attached hydrogens (tertiary/aromatic N) is 1. The quantitative estimate of drug-likeness (QED) is 0.822. The topological polar surface area (TPSA) is 51.2 Å². The lowest BCUT2D eigenvalue weighted by Crippen LogP contribution is -2.40. The molecule has 1 N–H and O–H groups in total.